The van der Waals surface area contributed by atoms with Gasteiger partial charge in [-0.15, -0.1) is 0 Å². The average Bonchev–Trinajstić information content (AvgIpc) is 2.47. The molecule has 1 aromatic rings. The van der Waals surface area contributed by atoms with Crippen LogP contribution in [0.15, 0.2) is 23.3 Å². The number of hydrogen-bond donors (Lipinski definition) is 3. The third-order valence-electron chi connectivity index (χ3n) is 4.62. The number of rotatable bonds is 2. The summed E-state index contributed by atoms with van der Waals surface area (Å²) in [6, 6.07) is 5.91. The average molecular weight is 286 g/mol. The van der Waals surface area contributed by atoms with Gasteiger partial charge >= 0.3 is 0 Å². The first-order chi connectivity index (χ1) is 10.1. The van der Waals surface area contributed by atoms with Gasteiger partial charge in [0.05, 0.1) is 5.71 Å². The molecule has 0 bridgehead atoms. The number of carbonyl (C=O) groups is 1. The van der Waals surface area contributed by atoms with Crippen LogP contribution in [-0.2, 0) is 4.79 Å². The van der Waals surface area contributed by atoms with Crippen molar-refractivity contribution in [3.8, 4) is 0 Å². The summed E-state index contributed by atoms with van der Waals surface area (Å²) in [5, 5.41) is 7.53. The number of nitrogens with zero attached hydrogens (tertiary/aromatic N) is 1. The van der Waals surface area contributed by atoms with Gasteiger partial charge in [0.2, 0.25) is 5.91 Å². The molecule has 1 aliphatic heterocycles. The van der Waals surface area contributed by atoms with Gasteiger partial charge in [0.25, 0.3) is 0 Å². The zero-order chi connectivity index (χ0) is 14.9. The third kappa shape index (κ3) is 2.60. The molecule has 2 aliphatic rings. The van der Waals surface area contributed by atoms with Crippen molar-refractivity contribution in [1.82, 2.24) is 5.43 Å². The Hall–Kier alpha value is -2.04. The lowest BCUT2D eigenvalue weighted by molar-refractivity contribution is -0.123. The van der Waals surface area contributed by atoms with Crippen LogP contribution >= 0.6 is 0 Å². The summed E-state index contributed by atoms with van der Waals surface area (Å²) in [7, 11) is 1.87. The Morgan fingerprint density at radius 1 is 1.24 bits per heavy atom. The van der Waals surface area contributed by atoms with Crippen molar-refractivity contribution < 1.29 is 4.79 Å². The summed E-state index contributed by atoms with van der Waals surface area (Å²) in [5.41, 5.74) is 12.2. The zero-order valence-electron chi connectivity index (χ0n) is 12.4. The van der Waals surface area contributed by atoms with Crippen LogP contribution in [0.3, 0.4) is 0 Å². The van der Waals surface area contributed by atoms with Crippen molar-refractivity contribution in [3.05, 3.63) is 23.8 Å². The first kappa shape index (κ1) is 13.9. The Bertz CT molecular complexity index is 588. The number of amides is 1. The molecule has 112 valence electrons. The Balaban J connectivity index is 2.05. The van der Waals surface area contributed by atoms with Gasteiger partial charge in [0, 0.05) is 35.8 Å². The monoisotopic (exact) mass is 286 g/mol. The minimum absolute atomic E-state index is 0.0263. The molecule has 5 nitrogen and oxygen atoms in total. The number of nitrogens with one attached hydrogen (secondary N) is 2. The van der Waals surface area contributed by atoms with Crippen molar-refractivity contribution in [1.29, 1.82) is 0 Å². The highest BCUT2D eigenvalue weighted by molar-refractivity contribution is 6.09. The van der Waals surface area contributed by atoms with E-state index in [2.05, 4.69) is 21.9 Å². The van der Waals surface area contributed by atoms with E-state index in [-0.39, 0.29) is 11.3 Å². The Morgan fingerprint density at radius 3 is 2.71 bits per heavy atom. The summed E-state index contributed by atoms with van der Waals surface area (Å²) in [4.78, 5) is 11.8. The minimum atomic E-state index is -0.112. The van der Waals surface area contributed by atoms with Gasteiger partial charge in [-0.3, -0.25) is 4.79 Å². The van der Waals surface area contributed by atoms with Crippen LogP contribution in [0.2, 0.25) is 0 Å². The molecule has 1 fully saturated rings. The highest BCUT2D eigenvalue weighted by atomic mass is 16.2. The molecule has 1 aromatic carbocycles. The highest BCUT2D eigenvalue weighted by Crippen LogP contribution is 2.44. The number of hydrazone groups is 1. The van der Waals surface area contributed by atoms with Gasteiger partial charge in [0.1, 0.15) is 0 Å². The Morgan fingerprint density at radius 2 is 2.00 bits per heavy atom. The number of nitrogens with two attached hydrogens (primary N) is 1. The normalized spacial score (nSPS) is 20.8. The lowest BCUT2D eigenvalue weighted by atomic mass is 9.66. The van der Waals surface area contributed by atoms with Crippen molar-refractivity contribution in [2.75, 3.05) is 18.1 Å². The molecule has 1 saturated carbocycles. The van der Waals surface area contributed by atoms with E-state index in [1.54, 1.807) is 0 Å². The van der Waals surface area contributed by atoms with E-state index in [9.17, 15) is 4.79 Å². The number of carbonyl (C=O) groups excluding carboxylic acids is 1. The quantitative estimate of drug-likeness (QED) is 0.731. The van der Waals surface area contributed by atoms with Crippen molar-refractivity contribution >= 4 is 23.0 Å². The summed E-state index contributed by atoms with van der Waals surface area (Å²) in [5.74, 6) is 0.0263. The second-order valence-corrected chi connectivity index (χ2v) is 6.11. The van der Waals surface area contributed by atoms with Crippen molar-refractivity contribution in [3.63, 3.8) is 0 Å². The Labute approximate surface area is 125 Å². The molecule has 1 aliphatic carbocycles. The number of anilines is 2. The number of nitrogen functional groups attached to an aromatic ring is 1. The van der Waals surface area contributed by atoms with E-state index in [4.69, 9.17) is 5.73 Å². The molecule has 0 aromatic heterocycles. The first-order valence-corrected chi connectivity index (χ1v) is 7.59. The fourth-order valence-electron chi connectivity index (χ4n) is 3.61. The summed E-state index contributed by atoms with van der Waals surface area (Å²) in [6.07, 6.45) is 6.16. The molecule has 0 atom stereocenters. The fourth-order valence-corrected chi connectivity index (χ4v) is 3.61. The molecule has 0 unspecified atom stereocenters. The number of benzene rings is 1. The van der Waals surface area contributed by atoms with Crippen LogP contribution in [0.1, 0.15) is 44.1 Å². The lowest BCUT2D eigenvalue weighted by Crippen LogP contribution is -2.44. The lowest BCUT2D eigenvalue weighted by Gasteiger charge is -2.40. The van der Waals surface area contributed by atoms with E-state index in [1.807, 2.05) is 19.2 Å². The third-order valence-corrected chi connectivity index (χ3v) is 4.62. The molecule has 1 amide bonds. The van der Waals surface area contributed by atoms with Gasteiger partial charge < -0.3 is 11.1 Å². The molecule has 5 heteroatoms. The molecular formula is C16H22N4O. The van der Waals surface area contributed by atoms with Gasteiger partial charge in [-0.1, -0.05) is 19.3 Å². The first-order valence-electron chi connectivity index (χ1n) is 7.59. The van der Waals surface area contributed by atoms with Crippen LogP contribution < -0.4 is 16.5 Å². The molecule has 1 heterocycles. The van der Waals surface area contributed by atoms with Crippen LogP contribution in [-0.4, -0.2) is 18.7 Å². The summed E-state index contributed by atoms with van der Waals surface area (Å²) >= 11 is 0. The maximum atomic E-state index is 11.8. The maximum Gasteiger partial charge on any atom is 0.241 e. The number of hydrogen-bond acceptors (Lipinski definition) is 4. The smallest absolute Gasteiger partial charge is 0.241 e. The minimum Gasteiger partial charge on any atom is -0.399 e. The SMILES string of the molecule is CNc1cc(N)cc(C2=NNC(=O)CC23CCCCC3)c1. The second kappa shape index (κ2) is 5.39. The van der Waals surface area contributed by atoms with E-state index in [0.717, 1.165) is 42.6 Å². The largest absolute Gasteiger partial charge is 0.399 e. The van der Waals surface area contributed by atoms with Crippen LogP contribution in [0.5, 0.6) is 0 Å². The van der Waals surface area contributed by atoms with Crippen LogP contribution in [0.4, 0.5) is 11.4 Å². The summed E-state index contributed by atoms with van der Waals surface area (Å²) < 4.78 is 0. The van der Waals surface area contributed by atoms with E-state index in [0.29, 0.717) is 12.1 Å². The predicted octanol–water partition coefficient (Wildman–Crippen LogP) is 2.49. The second-order valence-electron chi connectivity index (χ2n) is 6.11. The fraction of sp³-hybridized carbons (Fsp3) is 0.500. The van der Waals surface area contributed by atoms with Crippen molar-refractivity contribution in [2.45, 2.75) is 38.5 Å². The molecule has 0 saturated heterocycles. The molecule has 3 rings (SSSR count). The predicted molar refractivity (Wildman–Crippen MR) is 85.2 cm³/mol. The molecule has 1 spiro atoms. The van der Waals surface area contributed by atoms with Gasteiger partial charge in [-0.25, -0.2) is 5.43 Å². The van der Waals surface area contributed by atoms with Gasteiger partial charge in [0.15, 0.2) is 0 Å². The molecule has 4 N–H and O–H groups in total. The summed E-state index contributed by atoms with van der Waals surface area (Å²) in [6.45, 7) is 0. The maximum absolute atomic E-state index is 11.8. The van der Waals surface area contributed by atoms with Gasteiger partial charge in [-0.05, 0) is 31.0 Å². The zero-order valence-corrected chi connectivity index (χ0v) is 12.4. The molecule has 21 heavy (non-hydrogen) atoms. The van der Waals surface area contributed by atoms with Crippen LogP contribution in [0, 0.1) is 5.41 Å². The van der Waals surface area contributed by atoms with Crippen molar-refractivity contribution in [2.24, 2.45) is 10.5 Å². The molecule has 0 radical (unpaired) electrons. The van der Waals surface area contributed by atoms with Gasteiger partial charge in [-0.2, -0.15) is 5.10 Å². The standard InChI is InChI=1S/C16H22N4O/c1-18-13-8-11(7-12(17)9-13)15-16(5-3-2-4-6-16)10-14(21)19-20-15/h7-9,18H,2-6,10,17H2,1H3,(H,19,21). The topological polar surface area (TPSA) is 79.5 Å². The van der Waals surface area contributed by atoms with E-state index < -0.39 is 0 Å². The highest BCUT2D eigenvalue weighted by Gasteiger charge is 2.42. The Kier molecular flexibility index (Phi) is 3.57. The van der Waals surface area contributed by atoms with E-state index >= 15 is 0 Å². The van der Waals surface area contributed by atoms with E-state index in [1.165, 1.54) is 6.42 Å². The van der Waals surface area contributed by atoms with Crippen LogP contribution in [0.25, 0.3) is 0 Å². The molecular weight excluding hydrogens is 264 g/mol.